The number of ether oxygens (including phenoxy) is 3. The average Bonchev–Trinajstić information content (AvgIpc) is 2.76. The zero-order valence-corrected chi connectivity index (χ0v) is 18.4. The number of rotatable bonds is 5. The Morgan fingerprint density at radius 2 is 1.58 bits per heavy atom. The number of carbonyl (C=O) groups excluding carboxylic acids is 1. The van der Waals surface area contributed by atoms with Crippen molar-refractivity contribution in [3.05, 3.63) is 41.7 Å². The molecular weight excluding hydrogens is 396 g/mol. The lowest BCUT2D eigenvalue weighted by Gasteiger charge is -2.35. The van der Waals surface area contributed by atoms with Gasteiger partial charge in [0.1, 0.15) is 17.7 Å². The molecule has 31 heavy (non-hydrogen) atoms. The Hall–Kier alpha value is -3.55. The number of aryl methyl sites for hydroxylation is 2. The van der Waals surface area contributed by atoms with Crippen LogP contribution in [0.25, 0.3) is 10.9 Å². The molecule has 162 valence electrons. The lowest BCUT2D eigenvalue weighted by atomic mass is 10.1. The van der Waals surface area contributed by atoms with E-state index in [0.29, 0.717) is 41.7 Å². The highest BCUT2D eigenvalue weighted by atomic mass is 16.5. The second kappa shape index (κ2) is 8.29. The van der Waals surface area contributed by atoms with Crippen LogP contribution in [0.4, 0.5) is 11.5 Å². The summed E-state index contributed by atoms with van der Waals surface area (Å²) in [5, 5.41) is 0.740. The van der Waals surface area contributed by atoms with E-state index in [9.17, 15) is 4.79 Å². The monoisotopic (exact) mass is 422 g/mol. The summed E-state index contributed by atoms with van der Waals surface area (Å²) < 4.78 is 16.5. The highest BCUT2D eigenvalue weighted by molar-refractivity contribution is 6.01. The molecule has 2 aromatic carbocycles. The predicted molar refractivity (Wildman–Crippen MR) is 120 cm³/mol. The van der Waals surface area contributed by atoms with Crippen molar-refractivity contribution in [2.75, 3.05) is 50.8 Å². The predicted octanol–water partition coefficient (Wildman–Crippen LogP) is 3.13. The van der Waals surface area contributed by atoms with Crippen LogP contribution in [0.3, 0.4) is 0 Å². The Balaban J connectivity index is 1.71. The molecule has 1 aliphatic rings. The van der Waals surface area contributed by atoms with Crippen molar-refractivity contribution >= 4 is 28.3 Å². The zero-order chi connectivity index (χ0) is 22.1. The molecule has 1 fully saturated rings. The number of carbonyl (C=O) groups is 1. The zero-order valence-electron chi connectivity index (χ0n) is 18.4. The van der Waals surface area contributed by atoms with Crippen LogP contribution >= 0.6 is 0 Å². The molecule has 0 spiro atoms. The van der Waals surface area contributed by atoms with Gasteiger partial charge in [-0.2, -0.15) is 0 Å². The summed E-state index contributed by atoms with van der Waals surface area (Å²) in [4.78, 5) is 25.8. The van der Waals surface area contributed by atoms with E-state index in [1.165, 1.54) is 6.33 Å². The van der Waals surface area contributed by atoms with Gasteiger partial charge in [0.05, 0.1) is 33.3 Å². The molecule has 2 heterocycles. The number of aromatic nitrogens is 2. The van der Waals surface area contributed by atoms with E-state index in [1.807, 2.05) is 41.8 Å². The van der Waals surface area contributed by atoms with Crippen molar-refractivity contribution in [1.82, 2.24) is 9.97 Å². The maximum atomic E-state index is 13.1. The molecular formula is C23H26N4O4. The number of fused-ring (bicyclic) bond motifs is 1. The quantitative estimate of drug-likeness (QED) is 0.625. The fourth-order valence-electron chi connectivity index (χ4n) is 4.14. The SMILES string of the molecule is COc1cc2c(N3CCN(c4cc(C)cc(C)c4)C(=O)C3)ncnc2c(OC)c1OC. The van der Waals surface area contributed by atoms with Crippen LogP contribution < -0.4 is 24.0 Å². The molecule has 0 saturated carbocycles. The minimum absolute atomic E-state index is 0.0236. The minimum atomic E-state index is 0.0236. The van der Waals surface area contributed by atoms with E-state index in [2.05, 4.69) is 16.0 Å². The minimum Gasteiger partial charge on any atom is -0.493 e. The summed E-state index contributed by atoms with van der Waals surface area (Å²) in [7, 11) is 4.68. The van der Waals surface area contributed by atoms with Crippen LogP contribution in [-0.2, 0) is 4.79 Å². The number of methoxy groups -OCH3 is 3. The first-order valence-corrected chi connectivity index (χ1v) is 10.0. The van der Waals surface area contributed by atoms with Gasteiger partial charge in [-0.1, -0.05) is 6.07 Å². The summed E-state index contributed by atoms with van der Waals surface area (Å²) in [6.07, 6.45) is 1.48. The topological polar surface area (TPSA) is 77.0 Å². The van der Waals surface area contributed by atoms with Crippen molar-refractivity contribution in [1.29, 1.82) is 0 Å². The van der Waals surface area contributed by atoms with Gasteiger partial charge in [-0.3, -0.25) is 4.79 Å². The van der Waals surface area contributed by atoms with Crippen molar-refractivity contribution in [3.63, 3.8) is 0 Å². The Kier molecular flexibility index (Phi) is 5.54. The lowest BCUT2D eigenvalue weighted by molar-refractivity contribution is -0.117. The van der Waals surface area contributed by atoms with Crippen LogP contribution in [0.15, 0.2) is 30.6 Å². The van der Waals surface area contributed by atoms with Crippen molar-refractivity contribution in [2.45, 2.75) is 13.8 Å². The highest BCUT2D eigenvalue weighted by Crippen LogP contribution is 2.44. The third-order valence-electron chi connectivity index (χ3n) is 5.45. The van der Waals surface area contributed by atoms with Crippen LogP contribution in [0.5, 0.6) is 17.2 Å². The number of hydrogen-bond acceptors (Lipinski definition) is 7. The summed E-state index contributed by atoms with van der Waals surface area (Å²) in [5.41, 5.74) is 3.82. The van der Waals surface area contributed by atoms with Gasteiger partial charge in [0.15, 0.2) is 11.5 Å². The van der Waals surface area contributed by atoms with Crippen molar-refractivity contribution in [2.24, 2.45) is 0 Å². The van der Waals surface area contributed by atoms with Gasteiger partial charge in [-0.25, -0.2) is 9.97 Å². The van der Waals surface area contributed by atoms with Gasteiger partial charge in [-0.05, 0) is 43.2 Å². The third-order valence-corrected chi connectivity index (χ3v) is 5.45. The van der Waals surface area contributed by atoms with Crippen LogP contribution in [0.1, 0.15) is 11.1 Å². The summed E-state index contributed by atoms with van der Waals surface area (Å²) in [5.74, 6) is 2.15. The first kappa shape index (κ1) is 20.7. The van der Waals surface area contributed by atoms with E-state index in [0.717, 1.165) is 22.2 Å². The third kappa shape index (κ3) is 3.69. The number of piperazine rings is 1. The molecule has 8 heteroatoms. The molecule has 1 aliphatic heterocycles. The normalized spacial score (nSPS) is 14.2. The second-order valence-electron chi connectivity index (χ2n) is 7.55. The molecule has 1 aromatic heterocycles. The van der Waals surface area contributed by atoms with Gasteiger partial charge in [0, 0.05) is 18.8 Å². The first-order valence-electron chi connectivity index (χ1n) is 10.0. The molecule has 0 N–H and O–H groups in total. The van der Waals surface area contributed by atoms with Crippen LogP contribution in [-0.4, -0.2) is 56.8 Å². The van der Waals surface area contributed by atoms with Crippen molar-refractivity contribution in [3.8, 4) is 17.2 Å². The number of nitrogens with zero attached hydrogens (tertiary/aromatic N) is 4. The number of hydrogen-bond donors (Lipinski definition) is 0. The summed E-state index contributed by atoms with van der Waals surface area (Å²) >= 11 is 0. The maximum Gasteiger partial charge on any atom is 0.246 e. The Bertz CT molecular complexity index is 1130. The number of anilines is 2. The fourth-order valence-corrected chi connectivity index (χ4v) is 4.14. The molecule has 0 bridgehead atoms. The molecule has 1 amide bonds. The van der Waals surface area contributed by atoms with E-state index >= 15 is 0 Å². The van der Waals surface area contributed by atoms with Gasteiger partial charge in [0.2, 0.25) is 11.7 Å². The highest BCUT2D eigenvalue weighted by Gasteiger charge is 2.28. The molecule has 0 atom stereocenters. The average molecular weight is 422 g/mol. The Labute approximate surface area is 181 Å². The molecule has 0 aliphatic carbocycles. The second-order valence-corrected chi connectivity index (χ2v) is 7.55. The van der Waals surface area contributed by atoms with Gasteiger partial charge in [0.25, 0.3) is 0 Å². The van der Waals surface area contributed by atoms with Crippen LogP contribution in [0.2, 0.25) is 0 Å². The largest absolute Gasteiger partial charge is 0.493 e. The summed E-state index contributed by atoms with van der Waals surface area (Å²) in [6, 6.07) is 8.02. The Morgan fingerprint density at radius 3 is 2.19 bits per heavy atom. The lowest BCUT2D eigenvalue weighted by Crippen LogP contribution is -2.51. The molecule has 1 saturated heterocycles. The van der Waals surface area contributed by atoms with Gasteiger partial charge < -0.3 is 24.0 Å². The molecule has 0 radical (unpaired) electrons. The van der Waals surface area contributed by atoms with Gasteiger partial charge in [-0.15, -0.1) is 0 Å². The van der Waals surface area contributed by atoms with Crippen LogP contribution in [0, 0.1) is 13.8 Å². The van der Waals surface area contributed by atoms with E-state index in [-0.39, 0.29) is 12.5 Å². The molecule has 3 aromatic rings. The number of amides is 1. The standard InChI is InChI=1S/C23H26N4O4/c1-14-8-15(2)10-16(9-14)27-7-6-26(12-19(27)28)23-17-11-18(29-3)21(30-4)22(31-5)20(17)24-13-25-23/h8-11,13H,6-7,12H2,1-5H3. The Morgan fingerprint density at radius 1 is 0.871 bits per heavy atom. The van der Waals surface area contributed by atoms with E-state index < -0.39 is 0 Å². The van der Waals surface area contributed by atoms with Crippen molar-refractivity contribution < 1.29 is 19.0 Å². The van der Waals surface area contributed by atoms with E-state index in [4.69, 9.17) is 14.2 Å². The molecule has 4 rings (SSSR count). The maximum absolute atomic E-state index is 13.1. The number of benzene rings is 2. The first-order chi connectivity index (χ1) is 15.0. The van der Waals surface area contributed by atoms with E-state index in [1.54, 1.807) is 21.3 Å². The van der Waals surface area contributed by atoms with Gasteiger partial charge >= 0.3 is 0 Å². The summed E-state index contributed by atoms with van der Waals surface area (Å²) in [6.45, 7) is 5.51. The fraction of sp³-hybridized carbons (Fsp3) is 0.348. The molecule has 0 unspecified atom stereocenters. The smallest absolute Gasteiger partial charge is 0.246 e. The molecule has 8 nitrogen and oxygen atoms in total.